The zero-order chi connectivity index (χ0) is 20.9. The summed E-state index contributed by atoms with van der Waals surface area (Å²) >= 11 is 0. The van der Waals surface area contributed by atoms with Gasteiger partial charge in [-0.1, -0.05) is 31.5 Å². The second kappa shape index (κ2) is 9.05. The maximum absolute atomic E-state index is 12.7. The lowest BCUT2D eigenvalue weighted by Crippen LogP contribution is -2.28. The van der Waals surface area contributed by atoms with Gasteiger partial charge in [0.05, 0.1) is 16.8 Å². The van der Waals surface area contributed by atoms with Gasteiger partial charge in [-0.25, -0.2) is 18.2 Å². The third-order valence-corrected chi connectivity index (χ3v) is 5.80. The van der Waals surface area contributed by atoms with E-state index in [0.717, 1.165) is 18.4 Å². The highest BCUT2D eigenvalue weighted by molar-refractivity contribution is 7.92. The zero-order valence-electron chi connectivity index (χ0n) is 16.7. The first-order chi connectivity index (χ1) is 13.2. The number of aromatic nitrogens is 1. The number of nitrogens with zero attached hydrogens (tertiary/aromatic N) is 2. The number of pyridine rings is 1. The van der Waals surface area contributed by atoms with Crippen LogP contribution in [-0.2, 0) is 10.0 Å². The first-order valence-corrected chi connectivity index (χ1v) is 10.8. The number of hydrogen-bond acceptors (Lipinski definition) is 5. The number of hydrogen-bond donors (Lipinski definition) is 2. The van der Waals surface area contributed by atoms with Crippen LogP contribution in [0.25, 0.3) is 0 Å². The van der Waals surface area contributed by atoms with Crippen LogP contribution in [0.5, 0.6) is 0 Å². The summed E-state index contributed by atoms with van der Waals surface area (Å²) in [6, 6.07) is 6.37. The van der Waals surface area contributed by atoms with Gasteiger partial charge in [-0.05, 0) is 44.4 Å². The van der Waals surface area contributed by atoms with Crippen LogP contribution in [0.4, 0.5) is 11.5 Å². The van der Waals surface area contributed by atoms with E-state index in [1.807, 2.05) is 25.7 Å². The summed E-state index contributed by atoms with van der Waals surface area (Å²) in [4.78, 5) is 18.1. The summed E-state index contributed by atoms with van der Waals surface area (Å²) in [5, 5.41) is 9.62. The van der Waals surface area contributed by atoms with Crippen LogP contribution >= 0.6 is 0 Å². The van der Waals surface area contributed by atoms with E-state index in [0.29, 0.717) is 24.5 Å². The average molecular weight is 406 g/mol. The molecule has 0 radical (unpaired) electrons. The molecule has 0 fully saturated rings. The average Bonchev–Trinajstić information content (AvgIpc) is 2.60. The van der Waals surface area contributed by atoms with E-state index in [-0.39, 0.29) is 16.1 Å². The fourth-order valence-electron chi connectivity index (χ4n) is 3.10. The smallest absolute Gasteiger partial charge is 0.339 e. The number of carbonyl (C=O) groups is 1. The van der Waals surface area contributed by atoms with E-state index >= 15 is 0 Å². The van der Waals surface area contributed by atoms with Gasteiger partial charge in [-0.15, -0.1) is 0 Å². The van der Waals surface area contributed by atoms with Crippen LogP contribution < -0.4 is 9.62 Å². The van der Waals surface area contributed by atoms with Crippen molar-refractivity contribution >= 4 is 27.5 Å². The van der Waals surface area contributed by atoms with Crippen LogP contribution in [0.1, 0.15) is 48.2 Å². The molecule has 0 bridgehead atoms. The van der Waals surface area contributed by atoms with Crippen molar-refractivity contribution in [2.24, 2.45) is 0 Å². The quantitative estimate of drug-likeness (QED) is 0.658. The Morgan fingerprint density at radius 3 is 2.32 bits per heavy atom. The van der Waals surface area contributed by atoms with Crippen molar-refractivity contribution in [2.75, 3.05) is 22.7 Å². The second-order valence-electron chi connectivity index (χ2n) is 6.76. The summed E-state index contributed by atoms with van der Waals surface area (Å²) in [6.45, 7) is 8.98. The standard InChI is InChI=1S/C20H27N3O4S/c1-5-9-23(10-6-2)19-17(20(24)25)12-16(13-21-19)22-28(26,27)18-8-7-14(3)11-15(18)4/h7-8,11-13,22H,5-6,9-10H2,1-4H3,(H,24,25). The lowest BCUT2D eigenvalue weighted by molar-refractivity contribution is 0.0697. The van der Waals surface area contributed by atoms with Crippen molar-refractivity contribution in [1.29, 1.82) is 0 Å². The SMILES string of the molecule is CCCN(CCC)c1ncc(NS(=O)(=O)c2ccc(C)cc2C)cc1C(=O)O. The Hall–Kier alpha value is -2.61. The number of aromatic carboxylic acids is 1. The maximum Gasteiger partial charge on any atom is 0.339 e. The molecule has 0 unspecified atom stereocenters. The van der Waals surface area contributed by atoms with Gasteiger partial charge >= 0.3 is 5.97 Å². The lowest BCUT2D eigenvalue weighted by atomic mass is 10.2. The fourth-order valence-corrected chi connectivity index (χ4v) is 4.36. The second-order valence-corrected chi connectivity index (χ2v) is 8.41. The van der Waals surface area contributed by atoms with E-state index in [4.69, 9.17) is 0 Å². The van der Waals surface area contributed by atoms with Gasteiger partial charge in [0, 0.05) is 13.1 Å². The molecule has 28 heavy (non-hydrogen) atoms. The van der Waals surface area contributed by atoms with Crippen LogP contribution in [0.2, 0.25) is 0 Å². The third-order valence-electron chi connectivity index (χ3n) is 4.26. The first-order valence-electron chi connectivity index (χ1n) is 9.28. The highest BCUT2D eigenvalue weighted by Gasteiger charge is 2.21. The number of carboxylic acids is 1. The molecule has 0 amide bonds. The van der Waals surface area contributed by atoms with E-state index < -0.39 is 16.0 Å². The Balaban J connectivity index is 2.41. The van der Waals surface area contributed by atoms with Crippen molar-refractivity contribution in [3.8, 4) is 0 Å². The van der Waals surface area contributed by atoms with Gasteiger partial charge in [0.1, 0.15) is 11.4 Å². The molecule has 2 rings (SSSR count). The van der Waals surface area contributed by atoms with Crippen molar-refractivity contribution in [1.82, 2.24) is 4.98 Å². The molecule has 0 aliphatic heterocycles. The molecule has 1 aromatic carbocycles. The normalized spacial score (nSPS) is 11.3. The minimum Gasteiger partial charge on any atom is -0.478 e. The number of aryl methyl sites for hydroxylation is 2. The molecule has 0 atom stereocenters. The minimum absolute atomic E-state index is 0.0253. The largest absolute Gasteiger partial charge is 0.478 e. The van der Waals surface area contributed by atoms with Gasteiger partial charge in [-0.3, -0.25) is 4.72 Å². The van der Waals surface area contributed by atoms with Crippen molar-refractivity contribution in [3.05, 3.63) is 47.2 Å². The predicted molar refractivity (Wildman–Crippen MR) is 111 cm³/mol. The fraction of sp³-hybridized carbons (Fsp3) is 0.400. The van der Waals surface area contributed by atoms with E-state index in [9.17, 15) is 18.3 Å². The molecule has 0 aliphatic rings. The highest BCUT2D eigenvalue weighted by atomic mass is 32.2. The van der Waals surface area contributed by atoms with Crippen molar-refractivity contribution in [2.45, 2.75) is 45.4 Å². The molecule has 2 N–H and O–H groups in total. The molecule has 0 saturated heterocycles. The molecule has 0 aliphatic carbocycles. The first kappa shape index (κ1) is 21.7. The predicted octanol–water partition coefficient (Wildman–Crippen LogP) is 3.82. The molecule has 0 saturated carbocycles. The lowest BCUT2D eigenvalue weighted by Gasteiger charge is -2.24. The van der Waals surface area contributed by atoms with E-state index in [2.05, 4.69) is 9.71 Å². The minimum atomic E-state index is -3.85. The van der Waals surface area contributed by atoms with E-state index in [1.54, 1.807) is 19.1 Å². The summed E-state index contributed by atoms with van der Waals surface area (Å²) < 4.78 is 27.9. The molecule has 8 heteroatoms. The summed E-state index contributed by atoms with van der Waals surface area (Å²) in [7, 11) is -3.85. The van der Waals surface area contributed by atoms with Crippen LogP contribution in [0.15, 0.2) is 35.4 Å². The zero-order valence-corrected chi connectivity index (χ0v) is 17.5. The van der Waals surface area contributed by atoms with Gasteiger partial charge in [0.15, 0.2) is 0 Å². The van der Waals surface area contributed by atoms with E-state index in [1.165, 1.54) is 18.3 Å². The van der Waals surface area contributed by atoms with Gasteiger partial charge in [0.2, 0.25) is 0 Å². The number of anilines is 2. The molecule has 152 valence electrons. The van der Waals surface area contributed by atoms with Gasteiger partial charge in [0.25, 0.3) is 10.0 Å². The Labute approximate surface area is 166 Å². The number of rotatable bonds is 9. The van der Waals surface area contributed by atoms with Crippen LogP contribution in [-0.4, -0.2) is 37.6 Å². The van der Waals surface area contributed by atoms with Gasteiger partial charge in [-0.2, -0.15) is 0 Å². The topological polar surface area (TPSA) is 99.6 Å². The molecule has 2 aromatic rings. The molecular weight excluding hydrogens is 378 g/mol. The third kappa shape index (κ3) is 5.01. The molecular formula is C20H27N3O4S. The van der Waals surface area contributed by atoms with Crippen molar-refractivity contribution < 1.29 is 18.3 Å². The molecule has 1 aromatic heterocycles. The summed E-state index contributed by atoms with van der Waals surface area (Å²) in [5.41, 5.74) is 1.67. The van der Waals surface area contributed by atoms with Crippen LogP contribution in [0, 0.1) is 13.8 Å². The Morgan fingerprint density at radius 1 is 1.14 bits per heavy atom. The monoisotopic (exact) mass is 405 g/mol. The van der Waals surface area contributed by atoms with Crippen molar-refractivity contribution in [3.63, 3.8) is 0 Å². The Bertz CT molecular complexity index is 952. The Kier molecular flexibility index (Phi) is 7.01. The number of benzene rings is 1. The van der Waals surface area contributed by atoms with Gasteiger partial charge < -0.3 is 10.0 Å². The maximum atomic E-state index is 12.7. The number of sulfonamides is 1. The molecule has 0 spiro atoms. The number of nitrogens with one attached hydrogen (secondary N) is 1. The number of carboxylic acid groups (broad SMARTS) is 1. The summed E-state index contributed by atoms with van der Waals surface area (Å²) in [5.74, 6) is -0.794. The van der Waals surface area contributed by atoms with Crippen LogP contribution in [0.3, 0.4) is 0 Å². The Morgan fingerprint density at radius 2 is 1.79 bits per heavy atom. The highest BCUT2D eigenvalue weighted by Crippen LogP contribution is 2.25. The molecule has 7 nitrogen and oxygen atoms in total. The summed E-state index contributed by atoms with van der Waals surface area (Å²) in [6.07, 6.45) is 3.06. The molecule has 1 heterocycles.